The van der Waals surface area contributed by atoms with Gasteiger partial charge in [-0.3, -0.25) is 0 Å². The molecule has 3 nitrogen and oxygen atoms in total. The predicted molar refractivity (Wildman–Crippen MR) is 87.2 cm³/mol. The Hall–Kier alpha value is -2.34. The van der Waals surface area contributed by atoms with Crippen LogP contribution in [0.1, 0.15) is 18.9 Å². The maximum Gasteiger partial charge on any atom is 0.417 e. The van der Waals surface area contributed by atoms with Gasteiger partial charge in [0.25, 0.3) is 0 Å². The maximum atomic E-state index is 13.2. The minimum Gasteiger partial charge on any atom is -0.464 e. The lowest BCUT2D eigenvalue weighted by Gasteiger charge is -2.28. The molecule has 0 saturated heterocycles. The van der Waals surface area contributed by atoms with Crippen LogP contribution in [0.5, 0.6) is 0 Å². The monoisotopic (exact) mass is 337 g/mol. The fourth-order valence-electron chi connectivity index (χ4n) is 2.27. The first-order valence-corrected chi connectivity index (χ1v) is 7.46. The highest BCUT2D eigenvalue weighted by Crippen LogP contribution is 2.33. The first kappa shape index (κ1) is 18.0. The van der Waals surface area contributed by atoms with Crippen LogP contribution >= 0.6 is 0 Å². The van der Waals surface area contributed by atoms with Gasteiger partial charge in [0.05, 0.1) is 6.61 Å². The molecular weight excluding hydrogens is 319 g/mol. The van der Waals surface area contributed by atoms with Crippen molar-refractivity contribution in [3.05, 3.63) is 54.1 Å². The maximum absolute atomic E-state index is 13.2. The number of rotatable bonds is 5. The molecule has 128 valence electrons. The molecule has 24 heavy (non-hydrogen) atoms. The van der Waals surface area contributed by atoms with Crippen molar-refractivity contribution < 1.29 is 22.7 Å². The second-order valence-electron chi connectivity index (χ2n) is 5.40. The molecule has 0 bridgehead atoms. The van der Waals surface area contributed by atoms with Gasteiger partial charge in [-0.15, -0.1) is 0 Å². The number of hydrogen-bond donors (Lipinski definition) is 1. The molecule has 0 aromatic heterocycles. The second kappa shape index (κ2) is 7.05. The van der Waals surface area contributed by atoms with E-state index in [9.17, 15) is 18.0 Å². The minimum absolute atomic E-state index is 0.164. The molecule has 0 saturated carbocycles. The molecule has 0 spiro atoms. The summed E-state index contributed by atoms with van der Waals surface area (Å²) in [6.07, 6.45) is -2.83. The van der Waals surface area contributed by atoms with Crippen LogP contribution in [0.25, 0.3) is 16.8 Å². The lowest BCUT2D eigenvalue weighted by molar-refractivity contribution is -0.204. The topological polar surface area (TPSA) is 52.3 Å². The van der Waals surface area contributed by atoms with Gasteiger partial charge in [-0.2, -0.15) is 13.2 Å². The number of carbonyl (C=O) groups excluding carboxylic acids is 1. The van der Waals surface area contributed by atoms with E-state index in [-0.39, 0.29) is 6.61 Å². The van der Waals surface area contributed by atoms with Crippen LogP contribution in [-0.4, -0.2) is 24.3 Å². The average molecular weight is 337 g/mol. The van der Waals surface area contributed by atoms with Gasteiger partial charge in [0.15, 0.2) is 0 Å². The van der Waals surface area contributed by atoms with Crippen LogP contribution in [-0.2, 0) is 9.53 Å². The van der Waals surface area contributed by atoms with Gasteiger partial charge in [0.1, 0.15) is 0 Å². The minimum atomic E-state index is -4.90. The fourth-order valence-corrected chi connectivity index (χ4v) is 2.27. The van der Waals surface area contributed by atoms with Crippen molar-refractivity contribution in [2.45, 2.75) is 25.1 Å². The highest BCUT2D eigenvalue weighted by Gasteiger charge is 2.58. The van der Waals surface area contributed by atoms with Crippen LogP contribution < -0.4 is 5.73 Å². The third-order valence-electron chi connectivity index (χ3n) is 3.67. The summed E-state index contributed by atoms with van der Waals surface area (Å²) in [5.41, 5.74) is 2.99. The summed E-state index contributed by atoms with van der Waals surface area (Å²) in [5, 5.41) is 2.00. The molecule has 6 heteroatoms. The molecule has 2 rings (SSSR count). The van der Waals surface area contributed by atoms with E-state index in [1.54, 1.807) is 6.07 Å². The quantitative estimate of drug-likeness (QED) is 0.837. The molecule has 0 amide bonds. The summed E-state index contributed by atoms with van der Waals surface area (Å²) in [6.45, 7) is 1.27. The Labute approximate surface area is 137 Å². The van der Waals surface area contributed by atoms with E-state index in [2.05, 4.69) is 4.74 Å². The van der Waals surface area contributed by atoms with Gasteiger partial charge in [-0.1, -0.05) is 48.6 Å². The van der Waals surface area contributed by atoms with E-state index in [1.165, 1.54) is 19.1 Å². The predicted octanol–water partition coefficient (Wildman–Crippen LogP) is 4.07. The first-order chi connectivity index (χ1) is 11.3. The van der Waals surface area contributed by atoms with Crippen molar-refractivity contribution in [3.8, 4) is 0 Å². The molecule has 0 radical (unpaired) electrons. The Morgan fingerprint density at radius 3 is 2.46 bits per heavy atom. The zero-order valence-electron chi connectivity index (χ0n) is 13.1. The molecule has 1 atom stereocenters. The molecule has 2 N–H and O–H groups in total. The molecule has 0 aliphatic rings. The number of hydrogen-bond acceptors (Lipinski definition) is 3. The summed E-state index contributed by atoms with van der Waals surface area (Å²) < 4.78 is 43.9. The number of halogens is 3. The number of nitrogens with two attached hydrogens (primary N) is 1. The van der Waals surface area contributed by atoms with E-state index in [0.29, 0.717) is 0 Å². The van der Waals surface area contributed by atoms with E-state index in [1.807, 2.05) is 36.4 Å². The Morgan fingerprint density at radius 1 is 1.17 bits per heavy atom. The lowest BCUT2D eigenvalue weighted by atomic mass is 9.95. The van der Waals surface area contributed by atoms with Gasteiger partial charge in [-0.25, -0.2) is 4.79 Å². The smallest absolute Gasteiger partial charge is 0.417 e. The largest absolute Gasteiger partial charge is 0.464 e. The number of benzene rings is 2. The van der Waals surface area contributed by atoms with Crippen LogP contribution in [0.3, 0.4) is 0 Å². The first-order valence-electron chi connectivity index (χ1n) is 7.46. The van der Waals surface area contributed by atoms with Crippen molar-refractivity contribution in [1.29, 1.82) is 0 Å². The van der Waals surface area contributed by atoms with Gasteiger partial charge < -0.3 is 10.5 Å². The Morgan fingerprint density at radius 2 is 1.83 bits per heavy atom. The van der Waals surface area contributed by atoms with Gasteiger partial charge in [-0.05, 0) is 29.3 Å². The number of alkyl halides is 3. The normalized spacial score (nSPS) is 14.7. The van der Waals surface area contributed by atoms with Crippen molar-refractivity contribution in [3.63, 3.8) is 0 Å². The highest BCUT2D eigenvalue weighted by atomic mass is 19.4. The lowest BCUT2D eigenvalue weighted by Crippen LogP contribution is -2.60. The number of ether oxygens (including phenoxy) is 1. The van der Waals surface area contributed by atoms with Crippen LogP contribution in [0, 0.1) is 0 Å². The zero-order chi connectivity index (χ0) is 17.8. The molecule has 0 fully saturated rings. The Kier molecular flexibility index (Phi) is 5.29. The number of esters is 1. The Balaban J connectivity index is 2.21. The van der Waals surface area contributed by atoms with Crippen molar-refractivity contribution in [1.82, 2.24) is 0 Å². The summed E-state index contributed by atoms with van der Waals surface area (Å²) in [7, 11) is 0. The summed E-state index contributed by atoms with van der Waals surface area (Å²) in [5.74, 6) is -1.47. The number of fused-ring (bicyclic) bond motifs is 1. The van der Waals surface area contributed by atoms with Gasteiger partial charge >= 0.3 is 12.1 Å². The van der Waals surface area contributed by atoms with Crippen LogP contribution in [0.2, 0.25) is 0 Å². The van der Waals surface area contributed by atoms with Crippen molar-refractivity contribution in [2.24, 2.45) is 5.73 Å². The summed E-state index contributed by atoms with van der Waals surface area (Å²) >= 11 is 0. The summed E-state index contributed by atoms with van der Waals surface area (Å²) in [4.78, 5) is 11.6. The van der Waals surface area contributed by atoms with Crippen LogP contribution in [0.4, 0.5) is 13.2 Å². The second-order valence-corrected chi connectivity index (χ2v) is 5.40. The van der Waals surface area contributed by atoms with Crippen molar-refractivity contribution in [2.75, 3.05) is 6.61 Å². The molecule has 2 aromatic rings. The van der Waals surface area contributed by atoms with Crippen LogP contribution in [0.15, 0.2) is 48.5 Å². The third kappa shape index (κ3) is 3.76. The summed E-state index contributed by atoms with van der Waals surface area (Å²) in [6, 6.07) is 13.2. The Bertz CT molecular complexity index is 755. The third-order valence-corrected chi connectivity index (χ3v) is 3.67. The van der Waals surface area contributed by atoms with Crippen molar-refractivity contribution >= 4 is 22.8 Å². The van der Waals surface area contributed by atoms with E-state index >= 15 is 0 Å². The molecule has 0 aliphatic carbocycles. The molecule has 2 aromatic carbocycles. The molecular formula is C18H18F3NO2. The zero-order valence-corrected chi connectivity index (χ0v) is 13.1. The SMILES string of the molecule is CCOC(=O)[C@](N)(C/C=C/c1ccc2ccccc2c1)C(F)(F)F. The average Bonchev–Trinajstić information content (AvgIpc) is 2.53. The highest BCUT2D eigenvalue weighted by molar-refractivity contribution is 5.85. The fraction of sp³-hybridized carbons (Fsp3) is 0.278. The van der Waals surface area contributed by atoms with Gasteiger partial charge in [0.2, 0.25) is 5.54 Å². The molecule has 0 unspecified atom stereocenters. The van der Waals surface area contributed by atoms with E-state index in [0.717, 1.165) is 16.3 Å². The standard InChI is InChI=1S/C18H18F3NO2/c1-2-24-16(23)17(22,18(19,20)21)11-5-6-13-9-10-14-7-3-4-8-15(14)12-13/h3-10,12H,2,11,22H2,1H3/b6-5+/t17-/m1/s1. The van der Waals surface area contributed by atoms with Gasteiger partial charge in [0, 0.05) is 6.42 Å². The number of carbonyl (C=O) groups is 1. The molecule has 0 aliphatic heterocycles. The van der Waals surface area contributed by atoms with E-state index < -0.39 is 24.1 Å². The molecule has 0 heterocycles. The van der Waals surface area contributed by atoms with E-state index in [4.69, 9.17) is 5.73 Å².